The number of ether oxygens (including phenoxy) is 5. The van der Waals surface area contributed by atoms with Crippen LogP contribution in [0.15, 0.2) is 12.7 Å². The van der Waals surface area contributed by atoms with E-state index in [0.29, 0.717) is 11.2 Å². The van der Waals surface area contributed by atoms with E-state index in [2.05, 4.69) is 15.0 Å². The van der Waals surface area contributed by atoms with Crippen LogP contribution in [0.1, 0.15) is 48.0 Å². The third-order valence-corrected chi connectivity index (χ3v) is 7.42. The summed E-state index contributed by atoms with van der Waals surface area (Å²) in [6.07, 6.45) is -0.672. The van der Waals surface area contributed by atoms with Crippen LogP contribution in [0.3, 0.4) is 0 Å². The summed E-state index contributed by atoms with van der Waals surface area (Å²) in [7, 11) is -5.80. The number of nitrogens with two attached hydrogens (primary N) is 1. The average molecular weight is 557 g/mol. The lowest BCUT2D eigenvalue weighted by molar-refractivity contribution is -0.339. The van der Waals surface area contributed by atoms with E-state index in [-0.39, 0.29) is 18.8 Å². The summed E-state index contributed by atoms with van der Waals surface area (Å²) in [6, 6.07) is 0. The Morgan fingerprint density at radius 3 is 2.05 bits per heavy atom. The molecule has 38 heavy (non-hydrogen) atoms. The van der Waals surface area contributed by atoms with Gasteiger partial charge in [0.1, 0.15) is 25.1 Å². The second-order valence-electron chi connectivity index (χ2n) is 10.3. The maximum Gasteiger partial charge on any atom is 0.508 e. The molecule has 0 amide bonds. The molecule has 1 aliphatic rings. The summed E-state index contributed by atoms with van der Waals surface area (Å²) in [5.41, 5.74) is 4.58. The third-order valence-electron chi connectivity index (χ3n) is 6.07. The van der Waals surface area contributed by atoms with Crippen LogP contribution in [-0.4, -0.2) is 68.2 Å². The van der Waals surface area contributed by atoms with Crippen molar-refractivity contribution in [3.8, 4) is 0 Å². The summed E-state index contributed by atoms with van der Waals surface area (Å²) >= 11 is 0. The van der Waals surface area contributed by atoms with E-state index >= 15 is 0 Å². The molecule has 2 heterocycles. The summed E-state index contributed by atoms with van der Waals surface area (Å²) in [6.45, 7) is 7.58. The molecule has 16 heteroatoms. The molecule has 1 fully saturated rings. The quantitative estimate of drug-likeness (QED) is 0.305. The average Bonchev–Trinajstić information content (AvgIpc) is 3.07. The van der Waals surface area contributed by atoms with Crippen molar-refractivity contribution in [2.24, 2.45) is 5.41 Å². The fourth-order valence-electron chi connectivity index (χ4n) is 3.91. The molecular weight excluding hydrogens is 525 g/mol. The summed E-state index contributed by atoms with van der Waals surface area (Å²) in [5.74, 6) is 0.144. The first-order chi connectivity index (χ1) is 17.5. The van der Waals surface area contributed by atoms with Gasteiger partial charge < -0.3 is 48.3 Å². The second-order valence-corrected chi connectivity index (χ2v) is 12.1. The van der Waals surface area contributed by atoms with E-state index in [9.17, 15) is 23.9 Å². The Morgan fingerprint density at radius 2 is 1.61 bits per heavy atom. The van der Waals surface area contributed by atoms with Crippen LogP contribution in [0.4, 0.5) is 15.4 Å². The molecule has 212 valence electrons. The standard InChI is InChI=1S/C22H34N5O10P/c1-13(2)35-18(28)33-9-22(38(30,31)32,10-34-19(29)36-14(3)4)37-21(7-20(21,5)6)8-27-12-26-15-16(23)24-11-25-17(15)27/h11-14H,7-10H2,1-6H3,(H2,23,24,25)(H2,30,31,32)/p-2. The van der Waals surface area contributed by atoms with E-state index in [1.807, 2.05) is 0 Å². The molecule has 2 aromatic heterocycles. The summed E-state index contributed by atoms with van der Waals surface area (Å²) in [4.78, 5) is 61.9. The van der Waals surface area contributed by atoms with Gasteiger partial charge in [0.05, 0.1) is 30.7 Å². The maximum absolute atomic E-state index is 12.7. The van der Waals surface area contributed by atoms with Crippen molar-refractivity contribution in [3.63, 3.8) is 0 Å². The number of imidazole rings is 1. The van der Waals surface area contributed by atoms with Crippen LogP contribution in [0, 0.1) is 5.41 Å². The molecule has 1 atom stereocenters. The molecule has 0 bridgehead atoms. The highest BCUT2D eigenvalue weighted by molar-refractivity contribution is 7.50. The number of carbonyl (C=O) groups excluding carboxylic acids is 2. The van der Waals surface area contributed by atoms with Crippen LogP contribution >= 0.6 is 7.60 Å². The highest BCUT2D eigenvalue weighted by atomic mass is 31.2. The van der Waals surface area contributed by atoms with Crippen molar-refractivity contribution >= 4 is 36.9 Å². The second kappa shape index (κ2) is 10.6. The smallest absolute Gasteiger partial charge is 0.508 e. The highest BCUT2D eigenvalue weighted by Crippen LogP contribution is 2.63. The van der Waals surface area contributed by atoms with E-state index < -0.39 is 61.7 Å². The number of rotatable bonds is 11. The van der Waals surface area contributed by atoms with Crippen molar-refractivity contribution in [2.45, 2.75) is 77.7 Å². The van der Waals surface area contributed by atoms with E-state index in [4.69, 9.17) is 29.4 Å². The molecule has 0 saturated heterocycles. The number of carbonyl (C=O) groups is 2. The van der Waals surface area contributed by atoms with Gasteiger partial charge in [-0.25, -0.2) is 24.5 Å². The first-order valence-electron chi connectivity index (χ1n) is 11.8. The predicted molar refractivity (Wildman–Crippen MR) is 127 cm³/mol. The van der Waals surface area contributed by atoms with Crippen molar-refractivity contribution in [1.29, 1.82) is 0 Å². The van der Waals surface area contributed by atoms with Gasteiger partial charge >= 0.3 is 12.3 Å². The van der Waals surface area contributed by atoms with E-state index in [1.54, 1.807) is 46.1 Å². The van der Waals surface area contributed by atoms with Crippen LogP contribution in [0.2, 0.25) is 0 Å². The van der Waals surface area contributed by atoms with Gasteiger partial charge in [0.2, 0.25) is 0 Å². The van der Waals surface area contributed by atoms with Crippen LogP contribution in [-0.2, 0) is 34.8 Å². The molecule has 0 aliphatic heterocycles. The zero-order chi connectivity index (χ0) is 28.5. The van der Waals surface area contributed by atoms with Gasteiger partial charge in [-0.1, -0.05) is 13.8 Å². The van der Waals surface area contributed by atoms with Crippen LogP contribution in [0.5, 0.6) is 0 Å². The number of hydrogen-bond donors (Lipinski definition) is 1. The monoisotopic (exact) mass is 557 g/mol. The number of anilines is 1. The molecule has 1 saturated carbocycles. The molecule has 0 radical (unpaired) electrons. The van der Waals surface area contributed by atoms with Crippen molar-refractivity contribution in [1.82, 2.24) is 19.5 Å². The Balaban J connectivity index is 1.98. The van der Waals surface area contributed by atoms with Gasteiger partial charge in [-0.05, 0) is 47.1 Å². The minimum Gasteiger partial charge on any atom is -0.809 e. The lowest BCUT2D eigenvalue weighted by Crippen LogP contribution is -2.54. The van der Waals surface area contributed by atoms with Gasteiger partial charge in [0.15, 0.2) is 16.8 Å². The molecule has 3 rings (SSSR count). The lowest BCUT2D eigenvalue weighted by Gasteiger charge is -2.49. The fourth-order valence-corrected chi connectivity index (χ4v) is 4.64. The molecule has 15 nitrogen and oxygen atoms in total. The van der Waals surface area contributed by atoms with Gasteiger partial charge in [-0.2, -0.15) is 0 Å². The van der Waals surface area contributed by atoms with Crippen LogP contribution < -0.4 is 15.5 Å². The Bertz CT molecular complexity index is 1200. The largest absolute Gasteiger partial charge is 0.809 e. The minimum atomic E-state index is -5.80. The van der Waals surface area contributed by atoms with E-state index in [0.717, 1.165) is 0 Å². The maximum atomic E-state index is 12.7. The van der Waals surface area contributed by atoms with Gasteiger partial charge in [0, 0.05) is 0 Å². The third kappa shape index (κ3) is 6.34. The number of hydrogen-bond acceptors (Lipinski definition) is 14. The molecule has 1 unspecified atom stereocenters. The number of nitrogen functional groups attached to an aromatic ring is 1. The van der Waals surface area contributed by atoms with E-state index in [1.165, 1.54) is 12.7 Å². The zero-order valence-corrected chi connectivity index (χ0v) is 22.9. The van der Waals surface area contributed by atoms with Crippen molar-refractivity contribution in [2.75, 3.05) is 18.9 Å². The predicted octanol–water partition coefficient (Wildman–Crippen LogP) is 1.33. The lowest BCUT2D eigenvalue weighted by atomic mass is 10.1. The molecule has 0 spiro atoms. The Hall–Kier alpha value is -3.00. The molecular formula is C22H32N5O10P-2. The van der Waals surface area contributed by atoms with Gasteiger partial charge in [0.25, 0.3) is 0 Å². The Morgan fingerprint density at radius 1 is 1.08 bits per heavy atom. The summed E-state index contributed by atoms with van der Waals surface area (Å²) in [5, 5.41) is -2.81. The number of nitrogens with zero attached hydrogens (tertiary/aromatic N) is 4. The van der Waals surface area contributed by atoms with Gasteiger partial charge in [-0.3, -0.25) is 0 Å². The van der Waals surface area contributed by atoms with Crippen LogP contribution in [0.25, 0.3) is 11.2 Å². The van der Waals surface area contributed by atoms with Crippen molar-refractivity contribution < 1.29 is 47.6 Å². The SMILES string of the molecule is CC(C)OC(=O)OCC(COC(=O)OC(C)C)(OC1(Cn2cnc3c(N)ncnc32)CC1(C)C)P(=O)([O-])[O-]. The Kier molecular flexibility index (Phi) is 8.27. The number of fused-ring (bicyclic) bond motifs is 1. The molecule has 0 aromatic carbocycles. The summed E-state index contributed by atoms with van der Waals surface area (Å²) < 4.78 is 40.1. The molecule has 2 N–H and O–H groups in total. The molecule has 2 aromatic rings. The Labute approximate surface area is 219 Å². The zero-order valence-electron chi connectivity index (χ0n) is 22.0. The minimum absolute atomic E-state index is 0.0123. The van der Waals surface area contributed by atoms with Gasteiger partial charge in [-0.15, -0.1) is 0 Å². The first kappa shape index (κ1) is 29.6. The fraction of sp³-hybridized carbons (Fsp3) is 0.682. The van der Waals surface area contributed by atoms with Crippen molar-refractivity contribution in [3.05, 3.63) is 12.7 Å². The first-order valence-corrected chi connectivity index (χ1v) is 13.4. The normalized spacial score (nSPS) is 19.0. The topological polar surface area (TPSA) is 213 Å². The highest BCUT2D eigenvalue weighted by Gasteiger charge is 2.66. The number of aromatic nitrogens is 4. The molecule has 1 aliphatic carbocycles.